The van der Waals surface area contributed by atoms with Crippen LogP contribution in [0, 0.1) is 5.92 Å². The number of piperidine rings is 1. The summed E-state index contributed by atoms with van der Waals surface area (Å²) in [4.78, 5) is 31.4. The van der Waals surface area contributed by atoms with Crippen molar-refractivity contribution in [3.05, 3.63) is 29.8 Å². The van der Waals surface area contributed by atoms with Crippen molar-refractivity contribution in [2.24, 2.45) is 5.92 Å². The predicted octanol–water partition coefficient (Wildman–Crippen LogP) is 4.48. The highest BCUT2D eigenvalue weighted by Crippen LogP contribution is 2.24. The van der Waals surface area contributed by atoms with E-state index in [-0.39, 0.29) is 12.0 Å². The van der Waals surface area contributed by atoms with Crippen LogP contribution in [-0.4, -0.2) is 89.0 Å². The Labute approximate surface area is 210 Å². The molecule has 1 aromatic carbocycles. The van der Waals surface area contributed by atoms with Crippen molar-refractivity contribution in [2.45, 2.75) is 71.9 Å². The molecule has 0 saturated carbocycles. The van der Waals surface area contributed by atoms with Gasteiger partial charge in [0, 0.05) is 50.5 Å². The van der Waals surface area contributed by atoms with Gasteiger partial charge >= 0.3 is 6.09 Å². The van der Waals surface area contributed by atoms with Gasteiger partial charge in [0.2, 0.25) is 0 Å². The van der Waals surface area contributed by atoms with Crippen molar-refractivity contribution < 1.29 is 19.5 Å². The molecule has 8 nitrogen and oxygen atoms in total. The molecule has 1 aromatic rings. The van der Waals surface area contributed by atoms with Crippen LogP contribution in [0.1, 0.15) is 71.2 Å². The maximum absolute atomic E-state index is 12.5. The van der Waals surface area contributed by atoms with E-state index in [0.717, 1.165) is 69.4 Å². The molecule has 0 unspecified atom stereocenters. The first kappa shape index (κ1) is 27.3. The third kappa shape index (κ3) is 7.84. The molecule has 0 aliphatic carbocycles. The number of carbonyl (C=O) groups excluding carboxylic acids is 2. The number of likely N-dealkylation sites (tertiary alicyclic amines) is 1. The molecule has 2 saturated heterocycles. The van der Waals surface area contributed by atoms with Crippen molar-refractivity contribution in [3.8, 4) is 0 Å². The molecule has 0 bridgehead atoms. The first-order valence-electron chi connectivity index (χ1n) is 12.9. The fourth-order valence-corrected chi connectivity index (χ4v) is 4.57. The standard InChI is InChI=1S/C27H44N4O4/c1-26(2,3)31(34)24(32)22-7-9-23(10-8-22)29-19-17-28(18-20-29)14-11-21-12-15-30(16-13-21)25(33)35-27(4,5)6/h7-10,21,34H,11-20H2,1-6H3. The summed E-state index contributed by atoms with van der Waals surface area (Å²) in [6, 6.07) is 7.53. The molecule has 2 aliphatic rings. The normalized spacial score (nSPS) is 18.5. The van der Waals surface area contributed by atoms with Gasteiger partial charge in [0.1, 0.15) is 5.60 Å². The second-order valence-corrected chi connectivity index (χ2v) is 11.9. The lowest BCUT2D eigenvalue weighted by Gasteiger charge is -2.38. The molecule has 2 heterocycles. The Morgan fingerprint density at radius 2 is 1.51 bits per heavy atom. The van der Waals surface area contributed by atoms with Crippen molar-refractivity contribution in [1.82, 2.24) is 14.9 Å². The summed E-state index contributed by atoms with van der Waals surface area (Å²) in [6.45, 7) is 17.7. The van der Waals surface area contributed by atoms with Crippen LogP contribution in [0.15, 0.2) is 24.3 Å². The zero-order valence-electron chi connectivity index (χ0n) is 22.4. The SMILES string of the molecule is CC(C)(C)OC(=O)N1CCC(CCN2CCN(c3ccc(C(=O)N(O)C(C)(C)C)cc3)CC2)CC1. The molecule has 2 amide bonds. The number of hydrogen-bond acceptors (Lipinski definition) is 6. The van der Waals surface area contributed by atoms with Crippen LogP contribution in [0.2, 0.25) is 0 Å². The number of rotatable bonds is 5. The molecule has 1 N–H and O–H groups in total. The number of amides is 2. The number of nitrogens with zero attached hydrogens (tertiary/aromatic N) is 4. The average molecular weight is 489 g/mol. The summed E-state index contributed by atoms with van der Waals surface area (Å²) in [5, 5.41) is 10.9. The number of hydrogen-bond donors (Lipinski definition) is 1. The van der Waals surface area contributed by atoms with Crippen molar-refractivity contribution in [1.29, 1.82) is 0 Å². The van der Waals surface area contributed by atoms with E-state index in [1.807, 2.05) is 37.8 Å². The number of carbonyl (C=O) groups is 2. The Balaban J connectivity index is 1.38. The van der Waals surface area contributed by atoms with Crippen LogP contribution in [0.25, 0.3) is 0 Å². The van der Waals surface area contributed by atoms with Gasteiger partial charge in [-0.25, -0.2) is 9.86 Å². The third-order valence-electron chi connectivity index (χ3n) is 6.80. The molecule has 0 radical (unpaired) electrons. The fraction of sp³-hybridized carbons (Fsp3) is 0.704. The number of benzene rings is 1. The van der Waals surface area contributed by atoms with E-state index in [4.69, 9.17) is 4.74 Å². The average Bonchev–Trinajstić information content (AvgIpc) is 2.81. The van der Waals surface area contributed by atoms with E-state index in [1.165, 1.54) is 6.42 Å². The molecule has 35 heavy (non-hydrogen) atoms. The van der Waals surface area contributed by atoms with Crippen LogP contribution >= 0.6 is 0 Å². The number of piperazine rings is 1. The van der Waals surface area contributed by atoms with E-state index >= 15 is 0 Å². The van der Waals surface area contributed by atoms with Crippen LogP contribution in [0.4, 0.5) is 10.5 Å². The molecular formula is C27H44N4O4. The zero-order valence-corrected chi connectivity index (χ0v) is 22.4. The van der Waals surface area contributed by atoms with Crippen LogP contribution < -0.4 is 4.90 Å². The molecule has 2 fully saturated rings. The minimum atomic E-state index is -0.638. The quantitative estimate of drug-likeness (QED) is 0.487. The molecule has 2 aliphatic heterocycles. The third-order valence-corrected chi connectivity index (χ3v) is 6.80. The minimum absolute atomic E-state index is 0.188. The Morgan fingerprint density at radius 3 is 2.03 bits per heavy atom. The number of ether oxygens (including phenoxy) is 1. The highest BCUT2D eigenvalue weighted by molar-refractivity contribution is 5.94. The Hall–Kier alpha value is -2.32. The van der Waals surface area contributed by atoms with Gasteiger partial charge in [-0.1, -0.05) is 0 Å². The molecule has 8 heteroatoms. The number of hydroxylamine groups is 2. The predicted molar refractivity (Wildman–Crippen MR) is 138 cm³/mol. The molecule has 0 aromatic heterocycles. The monoisotopic (exact) mass is 488 g/mol. The van der Waals surface area contributed by atoms with E-state index in [9.17, 15) is 14.8 Å². The van der Waals surface area contributed by atoms with Gasteiger partial charge in [0.15, 0.2) is 0 Å². The molecule has 0 spiro atoms. The maximum Gasteiger partial charge on any atom is 0.410 e. The molecule has 3 rings (SSSR count). The molecule has 0 atom stereocenters. The lowest BCUT2D eigenvalue weighted by atomic mass is 9.93. The van der Waals surface area contributed by atoms with Gasteiger partial charge in [-0.15, -0.1) is 0 Å². The fourth-order valence-electron chi connectivity index (χ4n) is 4.57. The van der Waals surface area contributed by atoms with Gasteiger partial charge in [-0.05, 0) is 97.5 Å². The van der Waals surface area contributed by atoms with Crippen molar-refractivity contribution >= 4 is 17.7 Å². The van der Waals surface area contributed by atoms with E-state index in [0.29, 0.717) is 11.5 Å². The lowest BCUT2D eigenvalue weighted by Crippen LogP contribution is -2.47. The minimum Gasteiger partial charge on any atom is -0.444 e. The zero-order chi connectivity index (χ0) is 25.8. The Bertz CT molecular complexity index is 843. The summed E-state index contributed by atoms with van der Waals surface area (Å²) in [7, 11) is 0. The lowest BCUT2D eigenvalue weighted by molar-refractivity contribution is -0.114. The van der Waals surface area contributed by atoms with Crippen LogP contribution in [0.3, 0.4) is 0 Å². The highest BCUT2D eigenvalue weighted by atomic mass is 16.6. The summed E-state index contributed by atoms with van der Waals surface area (Å²) in [5.41, 5.74) is 0.516. The van der Waals surface area contributed by atoms with Gasteiger partial charge in [0.25, 0.3) is 5.91 Å². The van der Waals surface area contributed by atoms with Gasteiger partial charge in [0.05, 0.1) is 5.54 Å². The molecule has 196 valence electrons. The number of anilines is 1. The smallest absolute Gasteiger partial charge is 0.410 e. The van der Waals surface area contributed by atoms with E-state index < -0.39 is 11.1 Å². The largest absolute Gasteiger partial charge is 0.444 e. The van der Waals surface area contributed by atoms with Gasteiger partial charge in [-0.3, -0.25) is 14.9 Å². The first-order chi connectivity index (χ1) is 16.3. The van der Waals surface area contributed by atoms with E-state index in [1.54, 1.807) is 32.9 Å². The first-order valence-corrected chi connectivity index (χ1v) is 12.9. The molecular weight excluding hydrogens is 444 g/mol. The van der Waals surface area contributed by atoms with Crippen molar-refractivity contribution in [2.75, 3.05) is 50.7 Å². The summed E-state index contributed by atoms with van der Waals surface area (Å²) < 4.78 is 5.50. The summed E-state index contributed by atoms with van der Waals surface area (Å²) in [6.07, 6.45) is 3.08. The Kier molecular flexibility index (Phi) is 8.70. The summed E-state index contributed by atoms with van der Waals surface area (Å²) in [5.74, 6) is 0.279. The second kappa shape index (κ2) is 11.2. The topological polar surface area (TPSA) is 76.6 Å². The Morgan fingerprint density at radius 1 is 0.943 bits per heavy atom. The second-order valence-electron chi connectivity index (χ2n) is 11.9. The van der Waals surface area contributed by atoms with Crippen molar-refractivity contribution in [3.63, 3.8) is 0 Å². The van der Waals surface area contributed by atoms with Gasteiger partial charge in [-0.2, -0.15) is 0 Å². The van der Waals surface area contributed by atoms with E-state index in [2.05, 4.69) is 9.80 Å². The van der Waals surface area contributed by atoms with Crippen LogP contribution in [-0.2, 0) is 4.74 Å². The highest BCUT2D eigenvalue weighted by Gasteiger charge is 2.28. The summed E-state index contributed by atoms with van der Waals surface area (Å²) >= 11 is 0. The van der Waals surface area contributed by atoms with Crippen LogP contribution in [0.5, 0.6) is 0 Å². The van der Waals surface area contributed by atoms with Gasteiger partial charge < -0.3 is 14.5 Å². The maximum atomic E-state index is 12.5.